The van der Waals surface area contributed by atoms with E-state index in [0.29, 0.717) is 6.61 Å². The Morgan fingerprint density at radius 1 is 1.10 bits per heavy atom. The number of nitrogens with two attached hydrogens (primary N) is 1. The van der Waals surface area contributed by atoms with Crippen LogP contribution in [0.5, 0.6) is 11.5 Å². The van der Waals surface area contributed by atoms with Crippen LogP contribution in [0.4, 0.5) is 0 Å². The second kappa shape index (κ2) is 7.29. The highest BCUT2D eigenvalue weighted by Gasteiger charge is 2.16. The normalized spacial score (nSPS) is 12.0. The Morgan fingerprint density at radius 3 is 2.43 bits per heavy atom. The van der Waals surface area contributed by atoms with Crippen LogP contribution in [0, 0.1) is 0 Å². The molecule has 2 rings (SSSR count). The highest BCUT2D eigenvalue weighted by Crippen LogP contribution is 2.34. The Balaban J connectivity index is 2.41. The van der Waals surface area contributed by atoms with Crippen LogP contribution in [0.1, 0.15) is 24.1 Å². The molecule has 0 heterocycles. The number of benzene rings is 2. The van der Waals surface area contributed by atoms with Gasteiger partial charge in [0.25, 0.3) is 0 Å². The number of hydrogen-bond donors (Lipinski definition) is 1. The Hall–Kier alpha value is -1.04. The Bertz CT molecular complexity index is 632. The molecule has 1 atom stereocenters. The summed E-state index contributed by atoms with van der Waals surface area (Å²) in [7, 11) is 1.64. The van der Waals surface area contributed by atoms with Gasteiger partial charge in [-0.2, -0.15) is 0 Å². The molecule has 112 valence electrons. The van der Waals surface area contributed by atoms with Crippen LogP contribution in [-0.4, -0.2) is 13.7 Å². The van der Waals surface area contributed by atoms with Gasteiger partial charge in [-0.15, -0.1) is 0 Å². The van der Waals surface area contributed by atoms with Gasteiger partial charge in [-0.3, -0.25) is 0 Å². The molecule has 0 aliphatic rings. The van der Waals surface area contributed by atoms with Crippen molar-refractivity contribution in [1.82, 2.24) is 0 Å². The van der Waals surface area contributed by atoms with E-state index in [9.17, 15) is 0 Å². The first kappa shape index (κ1) is 16.3. The molecule has 2 aromatic carbocycles. The average Bonchev–Trinajstić information content (AvgIpc) is 2.48. The van der Waals surface area contributed by atoms with Gasteiger partial charge >= 0.3 is 0 Å². The number of rotatable bonds is 5. The van der Waals surface area contributed by atoms with Crippen molar-refractivity contribution >= 4 is 31.9 Å². The average molecular weight is 415 g/mol. The zero-order valence-electron chi connectivity index (χ0n) is 11.9. The van der Waals surface area contributed by atoms with Gasteiger partial charge in [-0.05, 0) is 58.7 Å². The lowest BCUT2D eigenvalue weighted by Crippen LogP contribution is -2.13. The Morgan fingerprint density at radius 2 is 1.81 bits per heavy atom. The summed E-state index contributed by atoms with van der Waals surface area (Å²) in [5, 5.41) is 0. The van der Waals surface area contributed by atoms with Gasteiger partial charge in [0.2, 0.25) is 0 Å². The van der Waals surface area contributed by atoms with Gasteiger partial charge in [0.15, 0.2) is 0 Å². The number of ether oxygens (including phenoxy) is 2. The molecule has 3 nitrogen and oxygen atoms in total. The number of hydrogen-bond acceptors (Lipinski definition) is 3. The van der Waals surface area contributed by atoms with Gasteiger partial charge in [0, 0.05) is 10.0 Å². The summed E-state index contributed by atoms with van der Waals surface area (Å²) in [4.78, 5) is 0. The van der Waals surface area contributed by atoms with E-state index in [4.69, 9.17) is 15.2 Å². The van der Waals surface area contributed by atoms with E-state index in [1.54, 1.807) is 7.11 Å². The van der Waals surface area contributed by atoms with Crippen molar-refractivity contribution in [2.45, 2.75) is 13.0 Å². The lowest BCUT2D eigenvalue weighted by atomic mass is 9.98. The minimum absolute atomic E-state index is 0.272. The highest BCUT2D eigenvalue weighted by atomic mass is 79.9. The molecule has 0 saturated heterocycles. The molecule has 21 heavy (non-hydrogen) atoms. The lowest BCUT2D eigenvalue weighted by Gasteiger charge is -2.18. The summed E-state index contributed by atoms with van der Waals surface area (Å²) >= 11 is 6.98. The maximum atomic E-state index is 6.41. The van der Waals surface area contributed by atoms with E-state index in [-0.39, 0.29) is 6.04 Å². The first-order valence-corrected chi connectivity index (χ1v) is 8.16. The maximum absolute atomic E-state index is 6.41. The van der Waals surface area contributed by atoms with E-state index in [1.165, 1.54) is 0 Å². The topological polar surface area (TPSA) is 44.5 Å². The van der Waals surface area contributed by atoms with E-state index < -0.39 is 0 Å². The van der Waals surface area contributed by atoms with Gasteiger partial charge in [0.05, 0.1) is 24.2 Å². The molecule has 0 aliphatic carbocycles. The molecule has 0 aliphatic heterocycles. The van der Waals surface area contributed by atoms with Gasteiger partial charge in [-0.1, -0.05) is 22.0 Å². The molecule has 0 aromatic heterocycles. The number of methoxy groups -OCH3 is 1. The van der Waals surface area contributed by atoms with Crippen LogP contribution >= 0.6 is 31.9 Å². The molecule has 2 aromatic rings. The zero-order chi connectivity index (χ0) is 15.4. The first-order chi connectivity index (χ1) is 10.1. The van der Waals surface area contributed by atoms with Crippen LogP contribution in [0.15, 0.2) is 45.3 Å². The standard InChI is InChI=1S/C16H17Br2NO2/c1-3-21-14-7-5-11(17)9-12(14)16(19)10-4-6-15(20-2)13(18)8-10/h4-9,16H,3,19H2,1-2H3. The molecule has 0 radical (unpaired) electrons. The van der Waals surface area contributed by atoms with Crippen molar-refractivity contribution in [2.75, 3.05) is 13.7 Å². The molecular formula is C16H17Br2NO2. The Kier molecular flexibility index (Phi) is 5.67. The molecule has 0 amide bonds. The molecule has 0 saturated carbocycles. The fourth-order valence-electron chi connectivity index (χ4n) is 2.10. The van der Waals surface area contributed by atoms with Crippen molar-refractivity contribution < 1.29 is 9.47 Å². The third kappa shape index (κ3) is 3.78. The minimum Gasteiger partial charge on any atom is -0.496 e. The largest absolute Gasteiger partial charge is 0.496 e. The summed E-state index contributed by atoms with van der Waals surface area (Å²) in [6.45, 7) is 2.56. The van der Waals surface area contributed by atoms with Gasteiger partial charge in [-0.25, -0.2) is 0 Å². The second-order valence-electron chi connectivity index (χ2n) is 4.49. The quantitative estimate of drug-likeness (QED) is 0.773. The summed E-state index contributed by atoms with van der Waals surface area (Å²) < 4.78 is 12.8. The van der Waals surface area contributed by atoms with Crippen LogP contribution in [0.3, 0.4) is 0 Å². The van der Waals surface area contributed by atoms with Crippen LogP contribution in [-0.2, 0) is 0 Å². The summed E-state index contributed by atoms with van der Waals surface area (Å²) in [5.41, 5.74) is 8.35. The van der Waals surface area contributed by atoms with E-state index in [0.717, 1.165) is 31.6 Å². The molecule has 0 spiro atoms. The van der Waals surface area contributed by atoms with Crippen molar-refractivity contribution in [3.8, 4) is 11.5 Å². The van der Waals surface area contributed by atoms with Crippen molar-refractivity contribution in [3.63, 3.8) is 0 Å². The molecule has 1 unspecified atom stereocenters. The molecular weight excluding hydrogens is 398 g/mol. The lowest BCUT2D eigenvalue weighted by molar-refractivity contribution is 0.335. The molecule has 2 N–H and O–H groups in total. The maximum Gasteiger partial charge on any atom is 0.133 e. The molecule has 5 heteroatoms. The SMILES string of the molecule is CCOc1ccc(Br)cc1C(N)c1ccc(OC)c(Br)c1. The van der Waals surface area contributed by atoms with E-state index in [1.807, 2.05) is 43.3 Å². The van der Waals surface area contributed by atoms with E-state index >= 15 is 0 Å². The second-order valence-corrected chi connectivity index (χ2v) is 6.26. The van der Waals surface area contributed by atoms with Crippen molar-refractivity contribution in [3.05, 3.63) is 56.5 Å². The smallest absolute Gasteiger partial charge is 0.133 e. The van der Waals surface area contributed by atoms with Gasteiger partial charge in [0.1, 0.15) is 11.5 Å². The summed E-state index contributed by atoms with van der Waals surface area (Å²) in [5.74, 6) is 1.59. The van der Waals surface area contributed by atoms with E-state index in [2.05, 4.69) is 31.9 Å². The molecule has 0 bridgehead atoms. The van der Waals surface area contributed by atoms with Crippen LogP contribution < -0.4 is 15.2 Å². The number of halogens is 2. The Labute approximate surface area is 141 Å². The van der Waals surface area contributed by atoms with Crippen molar-refractivity contribution in [2.24, 2.45) is 5.73 Å². The van der Waals surface area contributed by atoms with Crippen molar-refractivity contribution in [1.29, 1.82) is 0 Å². The minimum atomic E-state index is -0.272. The fourth-order valence-corrected chi connectivity index (χ4v) is 3.04. The third-order valence-corrected chi connectivity index (χ3v) is 4.25. The van der Waals surface area contributed by atoms with Gasteiger partial charge < -0.3 is 15.2 Å². The zero-order valence-corrected chi connectivity index (χ0v) is 15.1. The third-order valence-electron chi connectivity index (χ3n) is 3.14. The predicted molar refractivity (Wildman–Crippen MR) is 92.0 cm³/mol. The molecule has 0 fully saturated rings. The summed E-state index contributed by atoms with van der Waals surface area (Å²) in [6, 6.07) is 11.4. The monoisotopic (exact) mass is 413 g/mol. The highest BCUT2D eigenvalue weighted by molar-refractivity contribution is 9.10. The van der Waals surface area contributed by atoms with Crippen LogP contribution in [0.2, 0.25) is 0 Å². The first-order valence-electron chi connectivity index (χ1n) is 6.58. The predicted octanol–water partition coefficient (Wildman–Crippen LogP) is 4.67. The van der Waals surface area contributed by atoms with Crippen LogP contribution in [0.25, 0.3) is 0 Å². The fraction of sp³-hybridized carbons (Fsp3) is 0.250. The summed E-state index contributed by atoms with van der Waals surface area (Å²) in [6.07, 6.45) is 0.